The van der Waals surface area contributed by atoms with Crippen LogP contribution in [0.3, 0.4) is 0 Å². The Balaban J connectivity index is 2.12. The summed E-state index contributed by atoms with van der Waals surface area (Å²) in [5, 5.41) is 14.8. The molecular formula is C11H20N2O3. The Morgan fingerprint density at radius 2 is 2.00 bits per heavy atom. The van der Waals surface area contributed by atoms with Crippen LogP contribution in [0.15, 0.2) is 0 Å². The van der Waals surface area contributed by atoms with Gasteiger partial charge in [-0.25, -0.2) is 0 Å². The van der Waals surface area contributed by atoms with Gasteiger partial charge in [0.25, 0.3) is 0 Å². The van der Waals surface area contributed by atoms with E-state index in [0.717, 1.165) is 19.3 Å². The molecule has 2 atom stereocenters. The van der Waals surface area contributed by atoms with E-state index in [1.165, 1.54) is 0 Å². The molecule has 0 radical (unpaired) electrons. The lowest BCUT2D eigenvalue weighted by atomic mass is 10.1. The number of amides is 2. The van der Waals surface area contributed by atoms with Crippen molar-refractivity contribution < 1.29 is 14.7 Å². The van der Waals surface area contributed by atoms with Gasteiger partial charge in [-0.15, -0.1) is 0 Å². The first-order valence-electron chi connectivity index (χ1n) is 5.85. The monoisotopic (exact) mass is 228 g/mol. The van der Waals surface area contributed by atoms with Crippen molar-refractivity contribution in [1.29, 1.82) is 0 Å². The van der Waals surface area contributed by atoms with Crippen molar-refractivity contribution >= 4 is 11.8 Å². The van der Waals surface area contributed by atoms with Crippen molar-refractivity contribution in [2.75, 3.05) is 13.1 Å². The van der Waals surface area contributed by atoms with Crippen LogP contribution in [0.2, 0.25) is 0 Å². The lowest BCUT2D eigenvalue weighted by molar-refractivity contribution is -0.126. The molecule has 0 heterocycles. The lowest BCUT2D eigenvalue weighted by Crippen LogP contribution is -2.39. The van der Waals surface area contributed by atoms with Gasteiger partial charge in [0, 0.05) is 18.9 Å². The maximum Gasteiger partial charge on any atom is 0.239 e. The highest BCUT2D eigenvalue weighted by molar-refractivity contribution is 5.84. The molecule has 1 saturated carbocycles. The highest BCUT2D eigenvalue weighted by Gasteiger charge is 2.25. The lowest BCUT2D eigenvalue weighted by Gasteiger charge is -2.15. The molecule has 2 amide bonds. The number of rotatable bonds is 5. The first-order chi connectivity index (χ1) is 7.63. The van der Waals surface area contributed by atoms with Crippen molar-refractivity contribution in [1.82, 2.24) is 10.6 Å². The minimum absolute atomic E-state index is 0.0233. The summed E-state index contributed by atoms with van der Waals surface area (Å²) in [7, 11) is 0. The number of hydrogen-bond donors (Lipinski definition) is 3. The number of hydrogen-bond acceptors (Lipinski definition) is 3. The summed E-state index contributed by atoms with van der Waals surface area (Å²) in [4.78, 5) is 22.2. The number of nitrogens with one attached hydrogen (secondary N) is 2. The largest absolute Gasteiger partial charge is 0.393 e. The molecule has 0 bridgehead atoms. The van der Waals surface area contributed by atoms with Crippen LogP contribution in [0.5, 0.6) is 0 Å². The van der Waals surface area contributed by atoms with Crippen molar-refractivity contribution in [3.8, 4) is 0 Å². The summed E-state index contributed by atoms with van der Waals surface area (Å²) in [6.07, 6.45) is 2.91. The molecule has 0 aromatic carbocycles. The van der Waals surface area contributed by atoms with Gasteiger partial charge in [0.15, 0.2) is 0 Å². The van der Waals surface area contributed by atoms with E-state index in [4.69, 9.17) is 0 Å². The highest BCUT2D eigenvalue weighted by Crippen LogP contribution is 2.24. The maximum atomic E-state index is 11.3. The van der Waals surface area contributed by atoms with Gasteiger partial charge in [-0.3, -0.25) is 9.59 Å². The summed E-state index contributed by atoms with van der Waals surface area (Å²) in [6, 6.07) is 0. The van der Waals surface area contributed by atoms with Gasteiger partial charge in [-0.2, -0.15) is 0 Å². The van der Waals surface area contributed by atoms with E-state index in [0.29, 0.717) is 13.0 Å². The van der Waals surface area contributed by atoms with E-state index in [1.807, 2.05) is 0 Å². The van der Waals surface area contributed by atoms with Crippen molar-refractivity contribution in [3.63, 3.8) is 0 Å². The van der Waals surface area contributed by atoms with Gasteiger partial charge in [0.1, 0.15) is 0 Å². The average molecular weight is 228 g/mol. The van der Waals surface area contributed by atoms with Crippen LogP contribution in [0, 0.1) is 5.92 Å². The highest BCUT2D eigenvalue weighted by atomic mass is 16.3. The molecular weight excluding hydrogens is 208 g/mol. The molecule has 92 valence electrons. The molecule has 5 nitrogen and oxygen atoms in total. The molecule has 5 heteroatoms. The molecule has 3 N–H and O–H groups in total. The van der Waals surface area contributed by atoms with Crippen molar-refractivity contribution in [2.45, 2.75) is 38.7 Å². The van der Waals surface area contributed by atoms with Crippen LogP contribution in [0.1, 0.15) is 32.6 Å². The van der Waals surface area contributed by atoms with Gasteiger partial charge in [-0.1, -0.05) is 13.3 Å². The van der Waals surface area contributed by atoms with Crippen molar-refractivity contribution in [2.24, 2.45) is 5.92 Å². The molecule has 2 unspecified atom stereocenters. The third kappa shape index (κ3) is 4.18. The second-order valence-corrected chi connectivity index (χ2v) is 4.19. The van der Waals surface area contributed by atoms with Crippen LogP contribution in [-0.2, 0) is 9.59 Å². The quantitative estimate of drug-likeness (QED) is 0.609. The minimum Gasteiger partial charge on any atom is -0.393 e. The Bertz CT molecular complexity index is 256. The maximum absolute atomic E-state index is 11.3. The zero-order valence-electron chi connectivity index (χ0n) is 9.66. The van der Waals surface area contributed by atoms with Gasteiger partial charge < -0.3 is 15.7 Å². The third-order valence-corrected chi connectivity index (χ3v) is 2.95. The first-order valence-corrected chi connectivity index (χ1v) is 5.85. The molecule has 0 aromatic rings. The standard InChI is InChI=1S/C11H20N2O3/c1-2-10(15)13-7-11(16)12-6-8-4-3-5-9(8)14/h8-9,14H,2-7H2,1H3,(H,12,16)(H,13,15). The molecule has 0 aliphatic heterocycles. The van der Waals surface area contributed by atoms with E-state index in [2.05, 4.69) is 10.6 Å². The van der Waals surface area contributed by atoms with Crippen LogP contribution in [0.4, 0.5) is 0 Å². The fraction of sp³-hybridized carbons (Fsp3) is 0.818. The van der Waals surface area contributed by atoms with E-state index in [1.54, 1.807) is 6.92 Å². The van der Waals surface area contributed by atoms with E-state index in [9.17, 15) is 14.7 Å². The van der Waals surface area contributed by atoms with E-state index in [-0.39, 0.29) is 30.4 Å². The summed E-state index contributed by atoms with van der Waals surface area (Å²) in [5.41, 5.74) is 0. The normalized spacial score (nSPS) is 24.1. The zero-order chi connectivity index (χ0) is 12.0. The number of carbonyl (C=O) groups is 2. The van der Waals surface area contributed by atoms with Gasteiger partial charge >= 0.3 is 0 Å². The number of aliphatic hydroxyl groups excluding tert-OH is 1. The predicted molar refractivity (Wildman–Crippen MR) is 59.7 cm³/mol. The minimum atomic E-state index is -0.287. The van der Waals surface area contributed by atoms with Crippen LogP contribution < -0.4 is 10.6 Å². The van der Waals surface area contributed by atoms with E-state index >= 15 is 0 Å². The molecule has 0 saturated heterocycles. The predicted octanol–water partition coefficient (Wildman–Crippen LogP) is -0.210. The average Bonchev–Trinajstić information content (AvgIpc) is 2.69. The summed E-state index contributed by atoms with van der Waals surface area (Å²) < 4.78 is 0. The number of aliphatic hydroxyl groups is 1. The van der Waals surface area contributed by atoms with Crippen LogP contribution >= 0.6 is 0 Å². The first kappa shape index (κ1) is 13.0. The van der Waals surface area contributed by atoms with Crippen LogP contribution in [-0.4, -0.2) is 36.1 Å². The molecule has 1 rings (SSSR count). The molecule has 1 aliphatic rings. The fourth-order valence-corrected chi connectivity index (χ4v) is 1.87. The fourth-order valence-electron chi connectivity index (χ4n) is 1.87. The van der Waals surface area contributed by atoms with Crippen LogP contribution in [0.25, 0.3) is 0 Å². The Hall–Kier alpha value is -1.10. The van der Waals surface area contributed by atoms with Gasteiger partial charge in [-0.05, 0) is 12.8 Å². The summed E-state index contributed by atoms with van der Waals surface area (Å²) in [6.45, 7) is 2.26. The SMILES string of the molecule is CCC(=O)NCC(=O)NCC1CCCC1O. The topological polar surface area (TPSA) is 78.4 Å². The van der Waals surface area contributed by atoms with Gasteiger partial charge in [0.05, 0.1) is 12.6 Å². The third-order valence-electron chi connectivity index (χ3n) is 2.95. The second kappa shape index (κ2) is 6.48. The molecule has 0 spiro atoms. The summed E-state index contributed by atoms with van der Waals surface area (Å²) in [5.74, 6) is -0.150. The smallest absolute Gasteiger partial charge is 0.239 e. The zero-order valence-corrected chi connectivity index (χ0v) is 9.66. The van der Waals surface area contributed by atoms with E-state index < -0.39 is 0 Å². The number of carbonyl (C=O) groups excluding carboxylic acids is 2. The Morgan fingerprint density at radius 3 is 2.56 bits per heavy atom. The molecule has 16 heavy (non-hydrogen) atoms. The van der Waals surface area contributed by atoms with Crippen molar-refractivity contribution in [3.05, 3.63) is 0 Å². The Morgan fingerprint density at radius 1 is 1.25 bits per heavy atom. The van der Waals surface area contributed by atoms with Gasteiger partial charge in [0.2, 0.25) is 11.8 Å². The molecule has 1 fully saturated rings. The Labute approximate surface area is 95.6 Å². The molecule has 0 aromatic heterocycles. The summed E-state index contributed by atoms with van der Waals surface area (Å²) >= 11 is 0. The Kier molecular flexibility index (Phi) is 5.25. The second-order valence-electron chi connectivity index (χ2n) is 4.19. The molecule has 1 aliphatic carbocycles.